The fourth-order valence-electron chi connectivity index (χ4n) is 4.85. The maximum absolute atomic E-state index is 13.2. The van der Waals surface area contributed by atoms with E-state index in [2.05, 4.69) is 82.5 Å². The summed E-state index contributed by atoms with van der Waals surface area (Å²) < 4.78 is 28.7. The zero-order chi connectivity index (χ0) is 27.5. The summed E-state index contributed by atoms with van der Waals surface area (Å²) in [6, 6.07) is 28.4. The van der Waals surface area contributed by atoms with Crippen molar-refractivity contribution in [2.75, 3.05) is 0 Å². The number of rotatable bonds is 3. The molecule has 5 heteroatoms. The molecule has 0 saturated carbocycles. The van der Waals surface area contributed by atoms with Gasteiger partial charge in [-0.05, 0) is 94.8 Å². The van der Waals surface area contributed by atoms with Crippen LogP contribution in [0.5, 0.6) is 0 Å². The van der Waals surface area contributed by atoms with Crippen molar-refractivity contribution in [3.05, 3.63) is 102 Å². The van der Waals surface area contributed by atoms with E-state index in [1.54, 1.807) is 12.1 Å². The zero-order valence-electron chi connectivity index (χ0n) is 22.7. The predicted octanol–water partition coefficient (Wildman–Crippen LogP) is 8.08. The van der Waals surface area contributed by atoms with Gasteiger partial charge in [-0.1, -0.05) is 53.7 Å². The van der Waals surface area contributed by atoms with Crippen LogP contribution in [0.25, 0.3) is 27.5 Å². The van der Waals surface area contributed by atoms with Crippen LogP contribution in [-0.2, 0) is 20.7 Å². The van der Waals surface area contributed by atoms with Crippen LogP contribution in [0.3, 0.4) is 0 Å². The number of nitrogens with zero attached hydrogens (tertiary/aromatic N) is 2. The molecular formula is C33H32N2O2S. The Hall–Kier alpha value is -3.88. The molecule has 0 aliphatic heterocycles. The van der Waals surface area contributed by atoms with Crippen LogP contribution in [0.4, 0.5) is 0 Å². The summed E-state index contributed by atoms with van der Waals surface area (Å²) in [5.74, 6) is 0. The number of fused-ring (bicyclic) bond motifs is 3. The van der Waals surface area contributed by atoms with E-state index < -0.39 is 9.84 Å². The lowest BCUT2D eigenvalue weighted by Crippen LogP contribution is -2.10. The summed E-state index contributed by atoms with van der Waals surface area (Å²) in [7, 11) is -3.70. The first-order valence-electron chi connectivity index (χ1n) is 12.8. The fourth-order valence-corrected chi connectivity index (χ4v) is 6.11. The summed E-state index contributed by atoms with van der Waals surface area (Å²) >= 11 is 0. The predicted molar refractivity (Wildman–Crippen MR) is 155 cm³/mol. The summed E-state index contributed by atoms with van der Waals surface area (Å²) in [6.45, 7) is 13.3. The first kappa shape index (κ1) is 25.8. The molecule has 0 N–H and O–H groups in total. The Balaban J connectivity index is 1.68. The normalized spacial score (nSPS) is 12.7. The number of aromatic nitrogens is 1. The smallest absolute Gasteiger partial charge is 0.206 e. The number of benzene rings is 4. The van der Waals surface area contributed by atoms with Crippen molar-refractivity contribution in [1.29, 1.82) is 5.26 Å². The highest BCUT2D eigenvalue weighted by Gasteiger charge is 2.22. The van der Waals surface area contributed by atoms with Crippen LogP contribution in [0.2, 0.25) is 0 Å². The molecule has 38 heavy (non-hydrogen) atoms. The van der Waals surface area contributed by atoms with E-state index in [-0.39, 0.29) is 20.6 Å². The maximum atomic E-state index is 13.2. The Kier molecular flexibility index (Phi) is 6.00. The highest BCUT2D eigenvalue weighted by atomic mass is 32.2. The second kappa shape index (κ2) is 8.85. The maximum Gasteiger partial charge on any atom is 0.206 e. The lowest BCUT2D eigenvalue weighted by Gasteiger charge is -2.19. The standard InChI is InChI=1S/C33H32N2O2S/c1-32(2,3)23-9-17-30-28(19-23)29-20-24(33(4,5)6)10-18-31(29)35(30)25-11-15-27(16-12-25)38(36,37)26-13-7-22(21-34)8-14-26/h7-20H,1-6H3. The minimum absolute atomic E-state index is 0.0195. The summed E-state index contributed by atoms with van der Waals surface area (Å²) in [5, 5.41) is 11.4. The van der Waals surface area contributed by atoms with Crippen molar-refractivity contribution in [2.24, 2.45) is 0 Å². The summed E-state index contributed by atoms with van der Waals surface area (Å²) in [6.07, 6.45) is 0. The molecule has 0 aliphatic rings. The molecule has 0 amide bonds. The van der Waals surface area contributed by atoms with Crippen molar-refractivity contribution in [3.63, 3.8) is 0 Å². The van der Waals surface area contributed by atoms with Crippen LogP contribution >= 0.6 is 0 Å². The lowest BCUT2D eigenvalue weighted by atomic mass is 9.85. The van der Waals surface area contributed by atoms with Gasteiger partial charge in [0, 0.05) is 16.5 Å². The largest absolute Gasteiger partial charge is 0.309 e. The van der Waals surface area contributed by atoms with Gasteiger partial charge in [0.1, 0.15) is 0 Å². The molecule has 0 aliphatic carbocycles. The molecule has 0 saturated heterocycles. The molecule has 5 rings (SSSR count). The molecule has 4 aromatic carbocycles. The first-order chi connectivity index (χ1) is 17.8. The van der Waals surface area contributed by atoms with Gasteiger partial charge in [-0.2, -0.15) is 5.26 Å². The summed E-state index contributed by atoms with van der Waals surface area (Å²) in [5.41, 5.74) is 6.08. The monoisotopic (exact) mass is 520 g/mol. The van der Waals surface area contributed by atoms with Crippen molar-refractivity contribution in [2.45, 2.75) is 62.2 Å². The summed E-state index contributed by atoms with van der Waals surface area (Å²) in [4.78, 5) is 0.391. The van der Waals surface area contributed by atoms with E-state index in [9.17, 15) is 8.42 Å². The van der Waals surface area contributed by atoms with Crippen molar-refractivity contribution < 1.29 is 8.42 Å². The van der Waals surface area contributed by atoms with Gasteiger partial charge in [-0.15, -0.1) is 0 Å². The number of sulfone groups is 1. The Morgan fingerprint density at radius 3 is 1.45 bits per heavy atom. The minimum atomic E-state index is -3.70. The minimum Gasteiger partial charge on any atom is -0.309 e. The van der Waals surface area contributed by atoms with E-state index >= 15 is 0 Å². The van der Waals surface area contributed by atoms with Crippen LogP contribution < -0.4 is 0 Å². The third-order valence-corrected chi connectivity index (χ3v) is 8.98. The van der Waals surface area contributed by atoms with Gasteiger partial charge in [-0.3, -0.25) is 0 Å². The second-order valence-electron chi connectivity index (χ2n) is 11.9. The van der Waals surface area contributed by atoms with Crippen LogP contribution in [0.15, 0.2) is 94.7 Å². The molecule has 0 bridgehead atoms. The molecule has 1 heterocycles. The van der Waals surface area contributed by atoms with Gasteiger partial charge in [0.05, 0.1) is 32.5 Å². The van der Waals surface area contributed by atoms with Crippen LogP contribution in [0, 0.1) is 11.3 Å². The van der Waals surface area contributed by atoms with Gasteiger partial charge in [0.2, 0.25) is 9.84 Å². The van der Waals surface area contributed by atoms with Gasteiger partial charge in [-0.25, -0.2) is 8.42 Å². The Morgan fingerprint density at radius 2 is 1.05 bits per heavy atom. The highest BCUT2D eigenvalue weighted by Crippen LogP contribution is 2.37. The number of nitriles is 1. The second-order valence-corrected chi connectivity index (χ2v) is 13.9. The Morgan fingerprint density at radius 1 is 0.632 bits per heavy atom. The molecule has 0 fully saturated rings. The fraction of sp³-hybridized carbons (Fsp3) is 0.242. The van der Waals surface area contributed by atoms with E-state index in [0.717, 1.165) is 16.7 Å². The lowest BCUT2D eigenvalue weighted by molar-refractivity contribution is 0.590. The molecule has 0 radical (unpaired) electrons. The van der Waals surface area contributed by atoms with Gasteiger partial charge in [0.25, 0.3) is 0 Å². The van der Waals surface area contributed by atoms with Crippen LogP contribution in [0.1, 0.15) is 58.2 Å². The van der Waals surface area contributed by atoms with E-state index in [1.807, 2.05) is 18.2 Å². The topological polar surface area (TPSA) is 62.9 Å². The molecule has 5 aromatic rings. The third-order valence-electron chi connectivity index (χ3n) is 7.20. The van der Waals surface area contributed by atoms with E-state index in [0.29, 0.717) is 5.56 Å². The van der Waals surface area contributed by atoms with Crippen LogP contribution in [-0.4, -0.2) is 13.0 Å². The van der Waals surface area contributed by atoms with E-state index in [1.165, 1.54) is 46.2 Å². The first-order valence-corrected chi connectivity index (χ1v) is 14.2. The van der Waals surface area contributed by atoms with E-state index in [4.69, 9.17) is 5.26 Å². The molecule has 0 unspecified atom stereocenters. The molecule has 0 atom stereocenters. The number of hydrogen-bond acceptors (Lipinski definition) is 3. The molecule has 192 valence electrons. The molecule has 0 spiro atoms. The van der Waals surface area contributed by atoms with Gasteiger partial charge < -0.3 is 4.57 Å². The average molecular weight is 521 g/mol. The molecule has 4 nitrogen and oxygen atoms in total. The van der Waals surface area contributed by atoms with Crippen molar-refractivity contribution >= 4 is 31.6 Å². The Bertz CT molecular complexity index is 1750. The quantitative estimate of drug-likeness (QED) is 0.241. The molecular weight excluding hydrogens is 488 g/mol. The van der Waals surface area contributed by atoms with Crippen molar-refractivity contribution in [3.8, 4) is 11.8 Å². The highest BCUT2D eigenvalue weighted by molar-refractivity contribution is 7.91. The van der Waals surface area contributed by atoms with Crippen molar-refractivity contribution in [1.82, 2.24) is 4.57 Å². The number of hydrogen-bond donors (Lipinski definition) is 0. The average Bonchev–Trinajstić information content (AvgIpc) is 3.21. The third kappa shape index (κ3) is 4.40. The van der Waals surface area contributed by atoms with Gasteiger partial charge >= 0.3 is 0 Å². The Labute approximate surface area is 225 Å². The zero-order valence-corrected chi connectivity index (χ0v) is 23.5. The van der Waals surface area contributed by atoms with Gasteiger partial charge in [0.15, 0.2) is 0 Å². The molecule has 1 aromatic heterocycles. The SMILES string of the molecule is CC(C)(C)c1ccc2c(c1)c1cc(C(C)(C)C)ccc1n2-c1ccc(S(=O)(=O)c2ccc(C#N)cc2)cc1.